The summed E-state index contributed by atoms with van der Waals surface area (Å²) in [5.41, 5.74) is -1.13. The summed E-state index contributed by atoms with van der Waals surface area (Å²) in [6.45, 7) is 13.1. The van der Waals surface area contributed by atoms with Gasteiger partial charge in [-0.05, 0) is 91.8 Å². The number of rotatable bonds is 2. The second kappa shape index (κ2) is 7.80. The van der Waals surface area contributed by atoms with E-state index in [0.717, 1.165) is 38.5 Å². The fourth-order valence-corrected chi connectivity index (χ4v) is 10.9. The van der Waals surface area contributed by atoms with Crippen LogP contribution in [0.5, 0.6) is 0 Å². The van der Waals surface area contributed by atoms with Crippen LogP contribution in [-0.2, 0) is 4.79 Å². The predicted octanol–water partition coefficient (Wildman–Crippen LogP) is 4.15. The van der Waals surface area contributed by atoms with Crippen LogP contribution in [-0.4, -0.2) is 56.4 Å². The molecule has 11 atom stereocenters. The Bertz CT molecular complexity index is 974. The zero-order valence-corrected chi connectivity index (χ0v) is 23.0. The molecule has 0 radical (unpaired) electrons. The van der Waals surface area contributed by atoms with E-state index >= 15 is 0 Å². The summed E-state index contributed by atoms with van der Waals surface area (Å²) in [6, 6.07) is 0. The van der Waals surface area contributed by atoms with Crippen molar-refractivity contribution in [3.8, 4) is 0 Å². The van der Waals surface area contributed by atoms with E-state index in [2.05, 4.69) is 40.7 Å². The molecule has 4 fully saturated rings. The molecule has 0 spiro atoms. The molecule has 5 aliphatic rings. The molecule has 4 saturated carbocycles. The Balaban J connectivity index is 1.64. The molecule has 0 aromatic heterocycles. The predicted molar refractivity (Wildman–Crippen MR) is 137 cm³/mol. The Kier molecular flexibility index (Phi) is 5.77. The van der Waals surface area contributed by atoms with E-state index in [4.69, 9.17) is 0 Å². The molecular formula is C30H48O6. The van der Waals surface area contributed by atoms with Crippen LogP contribution in [0.2, 0.25) is 0 Å². The van der Waals surface area contributed by atoms with Crippen LogP contribution in [0.15, 0.2) is 11.6 Å². The molecule has 5 N–H and O–H groups in total. The number of allylic oxidation sites excluding steroid dienone is 2. The lowest BCUT2D eigenvalue weighted by Gasteiger charge is -2.72. The third-order valence-electron chi connectivity index (χ3n) is 13.1. The first kappa shape index (κ1) is 26.6. The van der Waals surface area contributed by atoms with Gasteiger partial charge in [-0.25, -0.2) is 0 Å². The Morgan fingerprint density at radius 2 is 1.56 bits per heavy atom. The second-order valence-electron chi connectivity index (χ2n) is 15.2. The van der Waals surface area contributed by atoms with E-state index in [1.807, 2.05) is 0 Å². The monoisotopic (exact) mass is 504 g/mol. The van der Waals surface area contributed by atoms with Gasteiger partial charge in [0.05, 0.1) is 23.7 Å². The van der Waals surface area contributed by atoms with Gasteiger partial charge in [0.1, 0.15) is 0 Å². The summed E-state index contributed by atoms with van der Waals surface area (Å²) in [5.74, 6) is -1.41. The van der Waals surface area contributed by atoms with Crippen LogP contribution in [0.3, 0.4) is 0 Å². The molecule has 5 aliphatic carbocycles. The normalized spacial score (nSPS) is 55.9. The molecule has 0 saturated heterocycles. The van der Waals surface area contributed by atoms with Crippen molar-refractivity contribution in [2.75, 3.05) is 6.61 Å². The van der Waals surface area contributed by atoms with Crippen molar-refractivity contribution >= 4 is 5.97 Å². The van der Waals surface area contributed by atoms with Crippen molar-refractivity contribution in [3.63, 3.8) is 0 Å². The number of aliphatic carboxylic acids is 1. The molecule has 36 heavy (non-hydrogen) atoms. The summed E-state index contributed by atoms with van der Waals surface area (Å²) < 4.78 is 0. The zero-order chi connectivity index (χ0) is 26.7. The summed E-state index contributed by atoms with van der Waals surface area (Å²) in [7, 11) is 0. The van der Waals surface area contributed by atoms with Gasteiger partial charge in [0, 0.05) is 17.9 Å². The smallest absolute Gasteiger partial charge is 0.312 e. The molecule has 0 bridgehead atoms. The molecule has 204 valence electrons. The lowest BCUT2D eigenvalue weighted by molar-refractivity contribution is -0.267. The van der Waals surface area contributed by atoms with Crippen molar-refractivity contribution in [3.05, 3.63) is 11.6 Å². The highest BCUT2D eigenvalue weighted by molar-refractivity contribution is 5.76. The number of fused-ring (bicyclic) bond motifs is 7. The second-order valence-corrected chi connectivity index (χ2v) is 15.2. The Labute approximate surface area is 216 Å². The minimum absolute atomic E-state index is 0.0726. The highest BCUT2D eigenvalue weighted by atomic mass is 16.4. The minimum Gasteiger partial charge on any atom is -0.481 e. The zero-order valence-electron chi connectivity index (χ0n) is 23.0. The van der Waals surface area contributed by atoms with Crippen LogP contribution < -0.4 is 0 Å². The number of carboxylic acid groups (broad SMARTS) is 1. The van der Waals surface area contributed by atoms with E-state index in [-0.39, 0.29) is 40.6 Å². The molecule has 0 aromatic carbocycles. The Hall–Kier alpha value is -0.950. The minimum atomic E-state index is -1.62. The number of hydrogen-bond acceptors (Lipinski definition) is 5. The molecule has 6 nitrogen and oxygen atoms in total. The summed E-state index contributed by atoms with van der Waals surface area (Å²) in [4.78, 5) is 12.6. The van der Waals surface area contributed by atoms with E-state index in [1.54, 1.807) is 0 Å². The molecule has 0 aromatic rings. The number of aliphatic hydroxyl groups is 4. The lowest BCUT2D eigenvalue weighted by atomic mass is 9.33. The van der Waals surface area contributed by atoms with Gasteiger partial charge in [0.2, 0.25) is 0 Å². The average Bonchev–Trinajstić information content (AvgIpc) is 2.77. The summed E-state index contributed by atoms with van der Waals surface area (Å²) in [5, 5.41) is 54.5. The van der Waals surface area contributed by atoms with Crippen molar-refractivity contribution in [1.82, 2.24) is 0 Å². The maximum Gasteiger partial charge on any atom is 0.312 e. The van der Waals surface area contributed by atoms with Crippen molar-refractivity contribution in [2.45, 2.75) is 111 Å². The molecule has 0 heterocycles. The number of carboxylic acids is 1. The maximum absolute atomic E-state index is 12.6. The van der Waals surface area contributed by atoms with Gasteiger partial charge in [-0.15, -0.1) is 0 Å². The molecular weight excluding hydrogens is 456 g/mol. The fourth-order valence-electron chi connectivity index (χ4n) is 10.9. The standard InChI is InChI=1S/C30H48O6/c1-25(2)9-11-30(16-31)12-10-27(4)17(18(30)13-25)7-8-21-26(3)14-20(33)23(34)29(6,24(35)36)22(26)19(32)15-28(21,27)5/h7,18-23,31-34H,8-16H2,1-6H3,(H,35,36). The Morgan fingerprint density at radius 3 is 2.17 bits per heavy atom. The van der Waals surface area contributed by atoms with Gasteiger partial charge in [-0.1, -0.05) is 46.3 Å². The van der Waals surface area contributed by atoms with Crippen LogP contribution in [0, 0.1) is 50.2 Å². The first-order chi connectivity index (χ1) is 16.5. The van der Waals surface area contributed by atoms with E-state index < -0.39 is 41.0 Å². The van der Waals surface area contributed by atoms with Crippen LogP contribution in [0.4, 0.5) is 0 Å². The van der Waals surface area contributed by atoms with Gasteiger partial charge < -0.3 is 25.5 Å². The first-order valence-corrected chi connectivity index (χ1v) is 14.1. The van der Waals surface area contributed by atoms with Crippen LogP contribution in [0.25, 0.3) is 0 Å². The quantitative estimate of drug-likeness (QED) is 0.361. The lowest BCUT2D eigenvalue weighted by Crippen LogP contribution is -2.72. The largest absolute Gasteiger partial charge is 0.481 e. The third-order valence-corrected chi connectivity index (χ3v) is 13.1. The van der Waals surface area contributed by atoms with Crippen molar-refractivity contribution < 1.29 is 30.3 Å². The van der Waals surface area contributed by atoms with Gasteiger partial charge >= 0.3 is 5.97 Å². The van der Waals surface area contributed by atoms with Crippen molar-refractivity contribution in [1.29, 1.82) is 0 Å². The van der Waals surface area contributed by atoms with Gasteiger partial charge in [-0.2, -0.15) is 0 Å². The topological polar surface area (TPSA) is 118 Å². The first-order valence-electron chi connectivity index (χ1n) is 14.1. The van der Waals surface area contributed by atoms with Crippen LogP contribution >= 0.6 is 0 Å². The fraction of sp³-hybridized carbons (Fsp3) is 0.900. The highest BCUT2D eigenvalue weighted by Crippen LogP contribution is 2.75. The summed E-state index contributed by atoms with van der Waals surface area (Å²) >= 11 is 0. The van der Waals surface area contributed by atoms with Crippen molar-refractivity contribution in [2.24, 2.45) is 50.2 Å². The molecule has 0 aliphatic heterocycles. The maximum atomic E-state index is 12.6. The third kappa shape index (κ3) is 3.08. The van der Waals surface area contributed by atoms with E-state index in [1.165, 1.54) is 12.5 Å². The van der Waals surface area contributed by atoms with Gasteiger partial charge in [0.15, 0.2) is 0 Å². The number of carbonyl (C=O) groups is 1. The highest BCUT2D eigenvalue weighted by Gasteiger charge is 2.73. The molecule has 6 heteroatoms. The Morgan fingerprint density at radius 1 is 0.917 bits per heavy atom. The number of hydrogen-bond donors (Lipinski definition) is 5. The molecule has 11 unspecified atom stereocenters. The average molecular weight is 505 g/mol. The molecule has 5 rings (SSSR count). The number of aliphatic hydroxyl groups excluding tert-OH is 4. The van der Waals surface area contributed by atoms with E-state index in [9.17, 15) is 30.3 Å². The van der Waals surface area contributed by atoms with Gasteiger partial charge in [-0.3, -0.25) is 4.79 Å². The summed E-state index contributed by atoms with van der Waals surface area (Å²) in [6.07, 6.45) is 5.64. The van der Waals surface area contributed by atoms with Crippen LogP contribution in [0.1, 0.15) is 92.9 Å². The molecule has 0 amide bonds. The SMILES string of the molecule is CC1(C)CCC2(CO)CCC3(C)C(=CCC4C5(C)CC(O)C(O)C(C)(C(=O)O)C5C(O)CC43C)C2C1. The van der Waals surface area contributed by atoms with Gasteiger partial charge in [0.25, 0.3) is 0 Å². The van der Waals surface area contributed by atoms with E-state index in [0.29, 0.717) is 12.3 Å².